The Labute approximate surface area is 136 Å². The van der Waals surface area contributed by atoms with Crippen LogP contribution < -0.4 is 14.8 Å². The van der Waals surface area contributed by atoms with Gasteiger partial charge in [-0.25, -0.2) is 0 Å². The molecule has 23 heavy (non-hydrogen) atoms. The van der Waals surface area contributed by atoms with Crippen LogP contribution in [0.5, 0.6) is 11.5 Å². The molecule has 0 saturated carbocycles. The standard InChI is InChI=1S/C18H22N2O3/c1-22-17-10-15(11-19)18(23-2)9-13(17)7-8-20-12-14-5-3-4-6-16(14)21/h3,5,9-10,20-21H,4,6-8,12H2,1-2H3. The number of benzene rings is 1. The summed E-state index contributed by atoms with van der Waals surface area (Å²) in [6, 6.07) is 5.65. The third-order valence-corrected chi connectivity index (χ3v) is 3.85. The van der Waals surface area contributed by atoms with Gasteiger partial charge in [0.15, 0.2) is 0 Å². The lowest BCUT2D eigenvalue weighted by Gasteiger charge is -2.14. The Balaban J connectivity index is 1.97. The van der Waals surface area contributed by atoms with Crippen molar-refractivity contribution in [2.45, 2.75) is 19.3 Å². The highest BCUT2D eigenvalue weighted by Gasteiger charge is 2.11. The van der Waals surface area contributed by atoms with Crippen molar-refractivity contribution in [3.63, 3.8) is 0 Å². The van der Waals surface area contributed by atoms with Crippen molar-refractivity contribution in [1.82, 2.24) is 5.32 Å². The number of allylic oxidation sites excluding steroid dienone is 2. The molecule has 5 nitrogen and oxygen atoms in total. The number of hydrogen-bond donors (Lipinski definition) is 2. The molecule has 0 amide bonds. The topological polar surface area (TPSA) is 74.5 Å². The zero-order valence-corrected chi connectivity index (χ0v) is 13.6. The molecule has 0 saturated heterocycles. The summed E-state index contributed by atoms with van der Waals surface area (Å²) in [4.78, 5) is 0. The van der Waals surface area contributed by atoms with Crippen LogP contribution in [0.1, 0.15) is 24.0 Å². The highest BCUT2D eigenvalue weighted by atomic mass is 16.5. The second-order valence-electron chi connectivity index (χ2n) is 5.32. The van der Waals surface area contributed by atoms with E-state index in [-0.39, 0.29) is 0 Å². The summed E-state index contributed by atoms with van der Waals surface area (Å²) in [7, 11) is 3.14. The molecule has 1 aromatic carbocycles. The first-order valence-corrected chi connectivity index (χ1v) is 7.62. The molecule has 0 fully saturated rings. The van der Waals surface area contributed by atoms with Gasteiger partial charge in [0.1, 0.15) is 17.6 Å². The normalized spacial score (nSPS) is 13.8. The lowest BCUT2D eigenvalue weighted by Crippen LogP contribution is -2.21. The summed E-state index contributed by atoms with van der Waals surface area (Å²) < 4.78 is 10.6. The molecule has 0 spiro atoms. The fourth-order valence-corrected chi connectivity index (χ4v) is 2.55. The Bertz CT molecular complexity index is 657. The molecule has 122 valence electrons. The first kappa shape index (κ1) is 16.9. The Morgan fingerprint density at radius 1 is 1.26 bits per heavy atom. The van der Waals surface area contributed by atoms with Crippen molar-refractivity contribution in [2.75, 3.05) is 27.3 Å². The molecule has 2 N–H and O–H groups in total. The Morgan fingerprint density at radius 3 is 2.70 bits per heavy atom. The van der Waals surface area contributed by atoms with E-state index in [1.165, 1.54) is 0 Å². The van der Waals surface area contributed by atoms with Crippen LogP contribution in [0.2, 0.25) is 0 Å². The van der Waals surface area contributed by atoms with E-state index >= 15 is 0 Å². The van der Waals surface area contributed by atoms with Crippen LogP contribution in [0.3, 0.4) is 0 Å². The second kappa shape index (κ2) is 8.25. The molecule has 0 radical (unpaired) electrons. The van der Waals surface area contributed by atoms with Gasteiger partial charge in [-0.15, -0.1) is 0 Å². The van der Waals surface area contributed by atoms with Gasteiger partial charge in [0, 0.05) is 24.6 Å². The quantitative estimate of drug-likeness (QED) is 0.757. The van der Waals surface area contributed by atoms with Crippen LogP contribution >= 0.6 is 0 Å². The van der Waals surface area contributed by atoms with Crippen LogP contribution in [0.4, 0.5) is 0 Å². The van der Waals surface area contributed by atoms with Gasteiger partial charge in [0.2, 0.25) is 0 Å². The van der Waals surface area contributed by atoms with Crippen molar-refractivity contribution in [3.05, 3.63) is 46.7 Å². The summed E-state index contributed by atoms with van der Waals surface area (Å²) in [6.45, 7) is 1.37. The molecule has 2 rings (SSSR count). The molecular weight excluding hydrogens is 292 g/mol. The number of methoxy groups -OCH3 is 2. The minimum Gasteiger partial charge on any atom is -0.512 e. The zero-order valence-electron chi connectivity index (χ0n) is 13.6. The summed E-state index contributed by atoms with van der Waals surface area (Å²) in [5.41, 5.74) is 2.39. The summed E-state index contributed by atoms with van der Waals surface area (Å²) in [5.74, 6) is 1.71. The highest BCUT2D eigenvalue weighted by molar-refractivity contribution is 5.52. The first-order valence-electron chi connectivity index (χ1n) is 7.62. The van der Waals surface area contributed by atoms with Gasteiger partial charge in [0.25, 0.3) is 0 Å². The predicted octanol–water partition coefficient (Wildman–Crippen LogP) is 2.87. The van der Waals surface area contributed by atoms with E-state index in [9.17, 15) is 5.11 Å². The smallest absolute Gasteiger partial charge is 0.137 e. The minimum atomic E-state index is 0.462. The van der Waals surface area contributed by atoms with Gasteiger partial charge in [-0.05, 0) is 31.0 Å². The number of nitrogens with zero attached hydrogens (tertiary/aromatic N) is 1. The molecule has 0 atom stereocenters. The fourth-order valence-electron chi connectivity index (χ4n) is 2.55. The maximum absolute atomic E-state index is 9.81. The van der Waals surface area contributed by atoms with Crippen molar-refractivity contribution in [2.24, 2.45) is 0 Å². The molecule has 1 aliphatic rings. The number of hydrogen-bond acceptors (Lipinski definition) is 5. The monoisotopic (exact) mass is 314 g/mol. The van der Waals surface area contributed by atoms with Crippen LogP contribution in [0, 0.1) is 11.3 Å². The largest absolute Gasteiger partial charge is 0.512 e. The number of rotatable bonds is 7. The van der Waals surface area contributed by atoms with Gasteiger partial charge in [-0.2, -0.15) is 5.26 Å². The highest BCUT2D eigenvalue weighted by Crippen LogP contribution is 2.28. The molecule has 0 bridgehead atoms. The summed E-state index contributed by atoms with van der Waals surface area (Å²) in [5, 5.41) is 22.2. The third kappa shape index (κ3) is 4.27. The van der Waals surface area contributed by atoms with Crippen LogP contribution in [0.15, 0.2) is 35.6 Å². The van der Waals surface area contributed by atoms with Crippen molar-refractivity contribution < 1.29 is 14.6 Å². The van der Waals surface area contributed by atoms with Gasteiger partial charge in [-0.3, -0.25) is 0 Å². The van der Waals surface area contributed by atoms with Crippen molar-refractivity contribution >= 4 is 0 Å². The first-order chi connectivity index (χ1) is 11.2. The van der Waals surface area contributed by atoms with Gasteiger partial charge in [0.05, 0.1) is 25.5 Å². The fraction of sp³-hybridized carbons (Fsp3) is 0.389. The van der Waals surface area contributed by atoms with E-state index in [2.05, 4.69) is 17.5 Å². The van der Waals surface area contributed by atoms with Gasteiger partial charge < -0.3 is 19.9 Å². The SMILES string of the molecule is COc1cc(CCNCC2=C(O)CCC=C2)c(OC)cc1C#N. The lowest BCUT2D eigenvalue weighted by molar-refractivity contribution is 0.379. The van der Waals surface area contributed by atoms with E-state index < -0.39 is 0 Å². The van der Waals surface area contributed by atoms with Crippen LogP contribution in [-0.2, 0) is 6.42 Å². The molecule has 0 aromatic heterocycles. The number of ether oxygens (including phenoxy) is 2. The Morgan fingerprint density at radius 2 is 2.04 bits per heavy atom. The molecule has 5 heteroatoms. The van der Waals surface area contributed by atoms with Crippen LogP contribution in [0.25, 0.3) is 0 Å². The third-order valence-electron chi connectivity index (χ3n) is 3.85. The maximum Gasteiger partial charge on any atom is 0.137 e. The zero-order chi connectivity index (χ0) is 16.7. The number of aliphatic hydroxyl groups is 1. The molecular formula is C18H22N2O3. The van der Waals surface area contributed by atoms with Gasteiger partial charge >= 0.3 is 0 Å². The molecule has 1 aliphatic carbocycles. The summed E-state index contributed by atoms with van der Waals surface area (Å²) >= 11 is 0. The Hall–Kier alpha value is -2.45. The van der Waals surface area contributed by atoms with Crippen molar-refractivity contribution in [3.8, 4) is 17.6 Å². The van der Waals surface area contributed by atoms with Gasteiger partial charge in [-0.1, -0.05) is 12.2 Å². The van der Waals surface area contributed by atoms with E-state index in [0.717, 1.165) is 30.5 Å². The average Bonchev–Trinajstić information content (AvgIpc) is 2.59. The molecule has 0 heterocycles. The molecule has 1 aromatic rings. The van der Waals surface area contributed by atoms with Crippen molar-refractivity contribution in [1.29, 1.82) is 5.26 Å². The minimum absolute atomic E-state index is 0.462. The number of nitriles is 1. The summed E-state index contributed by atoms with van der Waals surface area (Å²) in [6.07, 6.45) is 6.40. The maximum atomic E-state index is 9.81. The molecule has 0 unspecified atom stereocenters. The lowest BCUT2D eigenvalue weighted by atomic mass is 10.0. The number of aliphatic hydroxyl groups excluding tert-OH is 1. The number of nitrogens with one attached hydrogen (secondary N) is 1. The van der Waals surface area contributed by atoms with E-state index in [4.69, 9.17) is 14.7 Å². The van der Waals surface area contributed by atoms with E-state index in [1.54, 1.807) is 20.3 Å². The van der Waals surface area contributed by atoms with E-state index in [0.29, 0.717) is 35.8 Å². The second-order valence-corrected chi connectivity index (χ2v) is 5.32. The van der Waals surface area contributed by atoms with Crippen LogP contribution in [-0.4, -0.2) is 32.4 Å². The van der Waals surface area contributed by atoms with E-state index in [1.807, 2.05) is 12.1 Å². The average molecular weight is 314 g/mol. The Kier molecular flexibility index (Phi) is 6.07. The predicted molar refractivity (Wildman–Crippen MR) is 88.9 cm³/mol. The molecule has 0 aliphatic heterocycles.